The molecule has 1 saturated heterocycles. The number of piperazine rings is 1. The fourth-order valence-corrected chi connectivity index (χ4v) is 4.56. The van der Waals surface area contributed by atoms with Gasteiger partial charge < -0.3 is 15.0 Å². The van der Waals surface area contributed by atoms with Gasteiger partial charge in [-0.15, -0.1) is 0 Å². The Bertz CT molecular complexity index is 1250. The number of nitrogens with one attached hydrogen (secondary N) is 1. The number of hydrogen-bond acceptors (Lipinski definition) is 6. The van der Waals surface area contributed by atoms with E-state index in [1.54, 1.807) is 0 Å². The van der Waals surface area contributed by atoms with E-state index in [2.05, 4.69) is 24.1 Å². The van der Waals surface area contributed by atoms with E-state index in [4.69, 9.17) is 14.7 Å². The molecule has 7 nitrogen and oxygen atoms in total. The Morgan fingerprint density at radius 1 is 1.17 bits per heavy atom. The molecule has 1 N–H and O–H groups in total. The second-order valence-electron chi connectivity index (χ2n) is 7.98. The summed E-state index contributed by atoms with van der Waals surface area (Å²) in [7, 11) is 0. The highest BCUT2D eigenvalue weighted by atomic mass is 16.5. The molecule has 0 bridgehead atoms. The third kappa shape index (κ3) is 2.97. The Kier molecular flexibility index (Phi) is 4.55. The summed E-state index contributed by atoms with van der Waals surface area (Å²) in [6.07, 6.45) is 1.84. The molecule has 1 fully saturated rings. The number of aromatic nitrogens is 3. The normalized spacial score (nSPS) is 19.6. The SMILES string of the molecule is CCOC(=O)c1cc2c(N3C[C@@H](C)N[C@@H](C)C3)ccnc2n2c1nc1ccccc12. The van der Waals surface area contributed by atoms with E-state index in [1.165, 1.54) is 0 Å². The smallest absolute Gasteiger partial charge is 0.341 e. The maximum atomic E-state index is 12.9. The zero-order valence-electron chi connectivity index (χ0n) is 17.4. The van der Waals surface area contributed by atoms with Crippen molar-refractivity contribution >= 4 is 39.4 Å². The van der Waals surface area contributed by atoms with Crippen LogP contribution < -0.4 is 10.2 Å². The zero-order chi connectivity index (χ0) is 20.8. The molecule has 4 heterocycles. The lowest BCUT2D eigenvalue weighted by atomic mass is 10.1. The number of carbonyl (C=O) groups is 1. The lowest BCUT2D eigenvalue weighted by Gasteiger charge is -2.38. The topological polar surface area (TPSA) is 71.8 Å². The predicted octanol–water partition coefficient (Wildman–Crippen LogP) is 3.40. The van der Waals surface area contributed by atoms with Gasteiger partial charge in [0.2, 0.25) is 0 Å². The number of nitrogens with zero attached hydrogens (tertiary/aromatic N) is 4. The molecule has 30 heavy (non-hydrogen) atoms. The van der Waals surface area contributed by atoms with E-state index in [9.17, 15) is 4.79 Å². The summed E-state index contributed by atoms with van der Waals surface area (Å²) in [5, 5.41) is 4.50. The van der Waals surface area contributed by atoms with Crippen LogP contribution in [0.3, 0.4) is 0 Å². The van der Waals surface area contributed by atoms with Gasteiger partial charge in [-0.3, -0.25) is 4.40 Å². The highest BCUT2D eigenvalue weighted by Crippen LogP contribution is 2.32. The van der Waals surface area contributed by atoms with Crippen molar-refractivity contribution in [3.63, 3.8) is 0 Å². The van der Waals surface area contributed by atoms with Gasteiger partial charge in [-0.1, -0.05) is 12.1 Å². The number of anilines is 1. The van der Waals surface area contributed by atoms with Crippen LogP contribution in [-0.4, -0.2) is 52.1 Å². The zero-order valence-corrected chi connectivity index (χ0v) is 17.4. The van der Waals surface area contributed by atoms with Gasteiger partial charge in [0.15, 0.2) is 5.65 Å². The summed E-state index contributed by atoms with van der Waals surface area (Å²) >= 11 is 0. The van der Waals surface area contributed by atoms with Crippen molar-refractivity contribution in [1.29, 1.82) is 0 Å². The molecule has 7 heteroatoms. The Morgan fingerprint density at radius 3 is 2.70 bits per heavy atom. The molecular formula is C23H25N5O2. The molecule has 154 valence electrons. The summed E-state index contributed by atoms with van der Waals surface area (Å²) in [6.45, 7) is 8.29. The lowest BCUT2D eigenvalue weighted by molar-refractivity contribution is 0.0528. The van der Waals surface area contributed by atoms with Crippen LogP contribution in [0.5, 0.6) is 0 Å². The maximum Gasteiger partial charge on any atom is 0.341 e. The van der Waals surface area contributed by atoms with Crippen molar-refractivity contribution < 1.29 is 9.53 Å². The molecule has 4 aromatic rings. The van der Waals surface area contributed by atoms with E-state index in [0.717, 1.165) is 40.8 Å². The van der Waals surface area contributed by atoms with E-state index < -0.39 is 0 Å². The minimum atomic E-state index is -0.364. The van der Waals surface area contributed by atoms with Crippen LogP contribution in [0.15, 0.2) is 42.6 Å². The Hall–Kier alpha value is -3.19. The Balaban J connectivity index is 1.83. The molecule has 0 spiro atoms. The standard InChI is InChI=1S/C23H25N5O2/c1-4-30-23(29)17-11-16-19(27-12-14(2)25-15(3)13-27)9-10-24-21(16)28-20-8-6-5-7-18(20)26-22(17)28/h5-11,14-15,25H,4,12-13H2,1-3H3/t14-,15+. The average molecular weight is 403 g/mol. The van der Waals surface area contributed by atoms with Crippen molar-refractivity contribution in [1.82, 2.24) is 19.7 Å². The van der Waals surface area contributed by atoms with Crippen LogP contribution in [-0.2, 0) is 4.74 Å². The Labute approximate surface area is 174 Å². The van der Waals surface area contributed by atoms with E-state index >= 15 is 0 Å². The molecule has 2 atom stereocenters. The number of fused-ring (bicyclic) bond motifs is 5. The molecule has 5 rings (SSSR count). The number of imidazole rings is 1. The molecule has 1 aliphatic rings. The van der Waals surface area contributed by atoms with Crippen LogP contribution in [0.25, 0.3) is 27.7 Å². The van der Waals surface area contributed by atoms with Crippen LogP contribution in [0.1, 0.15) is 31.1 Å². The van der Waals surface area contributed by atoms with Crippen molar-refractivity contribution in [3.8, 4) is 0 Å². The Morgan fingerprint density at radius 2 is 1.93 bits per heavy atom. The summed E-state index contributed by atoms with van der Waals surface area (Å²) in [6, 6.07) is 12.6. The molecule has 3 aromatic heterocycles. The number of hydrogen-bond donors (Lipinski definition) is 1. The van der Waals surface area contributed by atoms with Crippen LogP contribution in [0.2, 0.25) is 0 Å². The molecule has 0 unspecified atom stereocenters. The fourth-order valence-electron chi connectivity index (χ4n) is 4.56. The molecule has 1 aliphatic heterocycles. The van der Waals surface area contributed by atoms with E-state index in [-0.39, 0.29) is 5.97 Å². The van der Waals surface area contributed by atoms with Gasteiger partial charge in [-0.25, -0.2) is 14.8 Å². The summed E-state index contributed by atoms with van der Waals surface area (Å²) in [4.78, 5) is 24.7. The van der Waals surface area contributed by atoms with Gasteiger partial charge in [0, 0.05) is 42.4 Å². The van der Waals surface area contributed by atoms with E-state index in [1.807, 2.05) is 53.9 Å². The molecule has 0 amide bonds. The second-order valence-corrected chi connectivity index (χ2v) is 7.98. The third-order valence-corrected chi connectivity index (χ3v) is 5.64. The highest BCUT2D eigenvalue weighted by molar-refractivity contribution is 6.05. The number of pyridine rings is 2. The van der Waals surface area contributed by atoms with Gasteiger partial charge >= 0.3 is 5.97 Å². The first-order chi connectivity index (χ1) is 14.6. The maximum absolute atomic E-state index is 12.9. The third-order valence-electron chi connectivity index (χ3n) is 5.64. The van der Waals surface area contributed by atoms with Gasteiger partial charge in [-0.05, 0) is 45.0 Å². The second kappa shape index (κ2) is 7.25. The number of esters is 1. The van der Waals surface area contributed by atoms with Crippen molar-refractivity contribution in [2.75, 3.05) is 24.6 Å². The van der Waals surface area contributed by atoms with Crippen molar-refractivity contribution in [2.45, 2.75) is 32.9 Å². The number of carbonyl (C=O) groups excluding carboxylic acids is 1. The first-order valence-electron chi connectivity index (χ1n) is 10.4. The lowest BCUT2D eigenvalue weighted by Crippen LogP contribution is -2.54. The quantitative estimate of drug-likeness (QED) is 0.529. The number of benzene rings is 1. The van der Waals surface area contributed by atoms with Crippen LogP contribution in [0.4, 0.5) is 5.69 Å². The highest BCUT2D eigenvalue weighted by Gasteiger charge is 2.25. The molecule has 0 aliphatic carbocycles. The van der Waals surface area contributed by atoms with Gasteiger partial charge in [0.25, 0.3) is 0 Å². The monoisotopic (exact) mass is 403 g/mol. The van der Waals surface area contributed by atoms with Gasteiger partial charge in [0.05, 0.1) is 17.6 Å². The van der Waals surface area contributed by atoms with Gasteiger partial charge in [-0.2, -0.15) is 0 Å². The number of rotatable bonds is 3. The summed E-state index contributed by atoms with van der Waals surface area (Å²) < 4.78 is 7.35. The largest absolute Gasteiger partial charge is 0.462 e. The minimum Gasteiger partial charge on any atom is -0.462 e. The molecule has 0 saturated carbocycles. The fraction of sp³-hybridized carbons (Fsp3) is 0.348. The van der Waals surface area contributed by atoms with Crippen molar-refractivity contribution in [3.05, 3.63) is 48.2 Å². The van der Waals surface area contributed by atoms with Gasteiger partial charge in [0.1, 0.15) is 11.2 Å². The average Bonchev–Trinajstić information content (AvgIpc) is 3.12. The first kappa shape index (κ1) is 18.8. The van der Waals surface area contributed by atoms with E-state index in [0.29, 0.717) is 29.9 Å². The van der Waals surface area contributed by atoms with Crippen molar-refractivity contribution in [2.24, 2.45) is 0 Å². The molecule has 0 radical (unpaired) electrons. The predicted molar refractivity (Wildman–Crippen MR) is 118 cm³/mol. The van der Waals surface area contributed by atoms with Crippen LogP contribution >= 0.6 is 0 Å². The minimum absolute atomic E-state index is 0.315. The van der Waals surface area contributed by atoms with Crippen LogP contribution in [0, 0.1) is 0 Å². The number of ether oxygens (including phenoxy) is 1. The molecular weight excluding hydrogens is 378 g/mol. The number of para-hydroxylation sites is 2. The summed E-state index contributed by atoms with van der Waals surface area (Å²) in [5.41, 5.74) is 4.66. The summed E-state index contributed by atoms with van der Waals surface area (Å²) in [5.74, 6) is -0.364. The molecule has 1 aromatic carbocycles. The first-order valence-corrected chi connectivity index (χ1v) is 10.4.